The minimum atomic E-state index is 0.679. The van der Waals surface area contributed by atoms with Crippen LogP contribution in [0.5, 0.6) is 0 Å². The van der Waals surface area contributed by atoms with Crippen molar-refractivity contribution in [2.75, 3.05) is 6.54 Å². The van der Waals surface area contributed by atoms with E-state index in [4.69, 9.17) is 4.42 Å². The fourth-order valence-corrected chi connectivity index (χ4v) is 3.90. The van der Waals surface area contributed by atoms with Crippen molar-refractivity contribution in [1.29, 1.82) is 0 Å². The van der Waals surface area contributed by atoms with Gasteiger partial charge in [-0.05, 0) is 54.9 Å². The quantitative estimate of drug-likeness (QED) is 0.825. The predicted molar refractivity (Wildman–Crippen MR) is 79.5 cm³/mol. The van der Waals surface area contributed by atoms with E-state index >= 15 is 0 Å². The Morgan fingerprint density at radius 3 is 2.65 bits per heavy atom. The summed E-state index contributed by atoms with van der Waals surface area (Å²) >= 11 is 0. The van der Waals surface area contributed by atoms with Crippen molar-refractivity contribution in [3.63, 3.8) is 0 Å². The first-order valence-electron chi connectivity index (χ1n) is 7.72. The largest absolute Gasteiger partial charge is 0.468 e. The third-order valence-corrected chi connectivity index (χ3v) is 4.94. The van der Waals surface area contributed by atoms with Crippen LogP contribution < -0.4 is 0 Å². The maximum atomic E-state index is 5.54. The van der Waals surface area contributed by atoms with Crippen molar-refractivity contribution in [1.82, 2.24) is 4.90 Å². The van der Waals surface area contributed by atoms with E-state index in [2.05, 4.69) is 35.2 Å². The minimum Gasteiger partial charge on any atom is -0.468 e. The van der Waals surface area contributed by atoms with Gasteiger partial charge in [-0.1, -0.05) is 24.3 Å². The molecule has 3 aliphatic rings. The number of hydrogen-bond donors (Lipinski definition) is 0. The van der Waals surface area contributed by atoms with Gasteiger partial charge in [0.15, 0.2) is 0 Å². The minimum absolute atomic E-state index is 0.679. The molecule has 2 heteroatoms. The first-order chi connectivity index (χ1) is 9.88. The molecule has 20 heavy (non-hydrogen) atoms. The lowest BCUT2D eigenvalue weighted by atomic mass is 9.80. The standard InChI is InChI=1S/C18H21NO/c1-2-5-16-11-17-8-7-14(10-15(16)4-1)12-19(17)13-18-6-3-9-20-18/h1-6,9,14,17H,7-8,10-13H2. The van der Waals surface area contributed by atoms with Gasteiger partial charge in [0, 0.05) is 12.6 Å². The van der Waals surface area contributed by atoms with Gasteiger partial charge in [0.25, 0.3) is 0 Å². The Morgan fingerprint density at radius 1 is 1.00 bits per heavy atom. The lowest BCUT2D eigenvalue weighted by molar-refractivity contribution is 0.0867. The second kappa shape index (κ2) is 5.10. The van der Waals surface area contributed by atoms with E-state index in [1.54, 1.807) is 17.4 Å². The molecular weight excluding hydrogens is 246 g/mol. The van der Waals surface area contributed by atoms with E-state index in [-0.39, 0.29) is 0 Å². The topological polar surface area (TPSA) is 16.4 Å². The molecule has 5 rings (SSSR count). The number of furan rings is 1. The number of fused-ring (bicyclic) bond motifs is 2. The van der Waals surface area contributed by atoms with Crippen molar-refractivity contribution < 1.29 is 4.42 Å². The first kappa shape index (κ1) is 12.2. The normalized spacial score (nSPS) is 26.0. The van der Waals surface area contributed by atoms with Crippen LogP contribution in [-0.4, -0.2) is 17.5 Å². The third-order valence-electron chi connectivity index (χ3n) is 4.94. The van der Waals surface area contributed by atoms with Gasteiger partial charge >= 0.3 is 0 Å². The Hall–Kier alpha value is -1.54. The number of benzene rings is 1. The maximum Gasteiger partial charge on any atom is 0.117 e. The Bertz CT molecular complexity index is 575. The summed E-state index contributed by atoms with van der Waals surface area (Å²) in [7, 11) is 0. The lowest BCUT2D eigenvalue weighted by Gasteiger charge is -2.42. The fourth-order valence-electron chi connectivity index (χ4n) is 3.90. The van der Waals surface area contributed by atoms with Gasteiger partial charge in [0.2, 0.25) is 0 Å². The Balaban J connectivity index is 1.60. The summed E-state index contributed by atoms with van der Waals surface area (Å²) in [6.45, 7) is 2.19. The molecule has 1 aliphatic carbocycles. The van der Waals surface area contributed by atoms with Crippen LogP contribution in [0, 0.1) is 5.92 Å². The molecule has 1 aromatic carbocycles. The Kier molecular flexibility index (Phi) is 3.12. The Labute approximate surface area is 120 Å². The molecule has 2 atom stereocenters. The molecule has 3 heterocycles. The molecule has 104 valence electrons. The number of nitrogens with zero attached hydrogens (tertiary/aromatic N) is 1. The van der Waals surface area contributed by atoms with Crippen LogP contribution in [-0.2, 0) is 19.4 Å². The first-order valence-corrected chi connectivity index (χ1v) is 7.72. The van der Waals surface area contributed by atoms with Gasteiger partial charge in [-0.2, -0.15) is 0 Å². The second-order valence-electron chi connectivity index (χ2n) is 6.28. The number of hydrogen-bond acceptors (Lipinski definition) is 2. The van der Waals surface area contributed by atoms with Crippen LogP contribution in [0.4, 0.5) is 0 Å². The van der Waals surface area contributed by atoms with Crippen molar-refractivity contribution in [2.24, 2.45) is 5.92 Å². The average molecular weight is 267 g/mol. The average Bonchev–Trinajstić information content (AvgIpc) is 2.93. The second-order valence-corrected chi connectivity index (χ2v) is 6.28. The SMILES string of the molecule is c1coc(CN2CC3CCC2Cc2ccccc2C3)c1. The molecule has 2 bridgehead atoms. The molecule has 2 aliphatic heterocycles. The van der Waals surface area contributed by atoms with Crippen LogP contribution in [0.25, 0.3) is 0 Å². The van der Waals surface area contributed by atoms with E-state index < -0.39 is 0 Å². The van der Waals surface area contributed by atoms with Crippen molar-refractivity contribution >= 4 is 0 Å². The molecule has 0 amide bonds. The van der Waals surface area contributed by atoms with E-state index in [9.17, 15) is 0 Å². The van der Waals surface area contributed by atoms with E-state index in [0.717, 1.165) is 18.2 Å². The van der Waals surface area contributed by atoms with Crippen LogP contribution >= 0.6 is 0 Å². The molecule has 0 N–H and O–H groups in total. The predicted octanol–water partition coefficient (Wildman–Crippen LogP) is 3.66. The third kappa shape index (κ3) is 2.29. The molecule has 1 aromatic heterocycles. The summed E-state index contributed by atoms with van der Waals surface area (Å²) in [4.78, 5) is 2.64. The highest BCUT2D eigenvalue weighted by Gasteiger charge is 2.32. The zero-order valence-electron chi connectivity index (χ0n) is 11.8. The summed E-state index contributed by atoms with van der Waals surface area (Å²) < 4.78 is 5.54. The fraction of sp³-hybridized carbons (Fsp3) is 0.444. The molecular formula is C18H21NO. The van der Waals surface area contributed by atoms with Crippen molar-refractivity contribution in [3.05, 3.63) is 59.5 Å². The van der Waals surface area contributed by atoms with Crippen LogP contribution in [0.15, 0.2) is 47.1 Å². The van der Waals surface area contributed by atoms with Crippen molar-refractivity contribution in [3.8, 4) is 0 Å². The molecule has 2 nitrogen and oxygen atoms in total. The van der Waals surface area contributed by atoms with Gasteiger partial charge in [0.05, 0.1) is 12.8 Å². The lowest BCUT2D eigenvalue weighted by Crippen LogP contribution is -2.46. The Morgan fingerprint density at radius 2 is 1.85 bits per heavy atom. The molecule has 1 fully saturated rings. The zero-order chi connectivity index (χ0) is 13.4. The van der Waals surface area contributed by atoms with Crippen molar-refractivity contribution in [2.45, 2.75) is 38.3 Å². The van der Waals surface area contributed by atoms with Crippen LogP contribution in [0.2, 0.25) is 0 Å². The summed E-state index contributed by atoms with van der Waals surface area (Å²) in [5.74, 6) is 1.91. The van der Waals surface area contributed by atoms with E-state index in [0.29, 0.717) is 6.04 Å². The summed E-state index contributed by atoms with van der Waals surface area (Å²) in [5, 5.41) is 0. The summed E-state index contributed by atoms with van der Waals surface area (Å²) in [6.07, 6.45) is 6.95. The van der Waals surface area contributed by atoms with Crippen LogP contribution in [0.3, 0.4) is 0 Å². The van der Waals surface area contributed by atoms with Gasteiger partial charge < -0.3 is 4.42 Å². The van der Waals surface area contributed by atoms with Gasteiger partial charge in [0.1, 0.15) is 5.76 Å². The van der Waals surface area contributed by atoms with E-state index in [1.807, 2.05) is 6.07 Å². The number of rotatable bonds is 2. The maximum absolute atomic E-state index is 5.54. The van der Waals surface area contributed by atoms with Gasteiger partial charge in [-0.25, -0.2) is 0 Å². The number of piperidine rings is 1. The zero-order valence-corrected chi connectivity index (χ0v) is 11.8. The molecule has 1 saturated heterocycles. The summed E-state index contributed by atoms with van der Waals surface area (Å²) in [5.41, 5.74) is 3.14. The molecule has 2 unspecified atom stereocenters. The molecule has 0 spiro atoms. The molecule has 0 radical (unpaired) electrons. The summed E-state index contributed by atoms with van der Waals surface area (Å²) in [6, 6.07) is 13.8. The van der Waals surface area contributed by atoms with Crippen LogP contribution in [0.1, 0.15) is 29.7 Å². The molecule has 0 saturated carbocycles. The highest BCUT2D eigenvalue weighted by Crippen LogP contribution is 2.32. The smallest absolute Gasteiger partial charge is 0.117 e. The highest BCUT2D eigenvalue weighted by atomic mass is 16.3. The monoisotopic (exact) mass is 267 g/mol. The van der Waals surface area contributed by atoms with E-state index in [1.165, 1.54) is 32.2 Å². The molecule has 2 aromatic rings. The highest BCUT2D eigenvalue weighted by molar-refractivity contribution is 5.29. The van der Waals surface area contributed by atoms with Gasteiger partial charge in [-0.15, -0.1) is 0 Å². The van der Waals surface area contributed by atoms with Gasteiger partial charge in [-0.3, -0.25) is 4.90 Å².